The Morgan fingerprint density at radius 1 is 1.19 bits per heavy atom. The van der Waals surface area contributed by atoms with Crippen LogP contribution >= 0.6 is 0 Å². The molecule has 4 N–H and O–H groups in total. The Labute approximate surface area is 160 Å². The molecule has 2 aliphatic rings. The van der Waals surface area contributed by atoms with Crippen molar-refractivity contribution in [2.45, 2.75) is 40.5 Å². The number of carbonyl (C=O) groups is 1. The maximum atomic E-state index is 13.1. The first-order valence-corrected chi connectivity index (χ1v) is 9.51. The van der Waals surface area contributed by atoms with Gasteiger partial charge >= 0.3 is 0 Å². The third kappa shape index (κ3) is 4.00. The van der Waals surface area contributed by atoms with Crippen LogP contribution in [0.4, 0.5) is 0 Å². The van der Waals surface area contributed by atoms with Crippen LogP contribution in [0, 0.1) is 12.3 Å². The molecule has 2 heterocycles. The zero-order valence-corrected chi connectivity index (χ0v) is 16.7. The van der Waals surface area contributed by atoms with E-state index in [-0.39, 0.29) is 17.3 Å². The smallest absolute Gasteiger partial charge is 0.289 e. The first kappa shape index (κ1) is 19.4. The van der Waals surface area contributed by atoms with Crippen LogP contribution < -0.4 is 11.5 Å². The van der Waals surface area contributed by atoms with Crippen molar-refractivity contribution in [3.05, 3.63) is 22.6 Å². The lowest BCUT2D eigenvalue weighted by Crippen LogP contribution is -2.48. The Hall–Kier alpha value is -2.35. The van der Waals surface area contributed by atoms with E-state index in [9.17, 15) is 4.79 Å². The second-order valence-corrected chi connectivity index (χ2v) is 8.17. The molecule has 0 radical (unpaired) electrons. The zero-order valence-electron chi connectivity index (χ0n) is 16.7. The molecule has 1 aromatic rings. The lowest BCUT2D eigenvalue weighted by atomic mass is 9.75. The molecule has 1 saturated heterocycles. The Morgan fingerprint density at radius 3 is 2.44 bits per heavy atom. The van der Waals surface area contributed by atoms with Gasteiger partial charge in [0.2, 0.25) is 5.96 Å². The molecule has 1 aliphatic carbocycles. The number of nitrogens with two attached hydrogens (primary N) is 2. The Kier molecular flexibility index (Phi) is 5.28. The average molecular weight is 374 g/mol. The van der Waals surface area contributed by atoms with E-state index in [1.807, 2.05) is 11.8 Å². The fraction of sp³-hybridized carbons (Fsp3) is 0.632. The van der Waals surface area contributed by atoms with Gasteiger partial charge in [-0.25, -0.2) is 0 Å². The maximum Gasteiger partial charge on any atom is 0.289 e. The van der Waals surface area contributed by atoms with Crippen LogP contribution in [-0.4, -0.2) is 60.1 Å². The monoisotopic (exact) mass is 374 g/mol. The third-order valence-corrected chi connectivity index (χ3v) is 5.38. The predicted molar refractivity (Wildman–Crippen MR) is 106 cm³/mol. The first-order chi connectivity index (χ1) is 12.7. The molecule has 1 amide bonds. The predicted octanol–water partition coefficient (Wildman–Crippen LogP) is 1.32. The fourth-order valence-corrected chi connectivity index (χ4v) is 3.93. The van der Waals surface area contributed by atoms with E-state index >= 15 is 0 Å². The van der Waals surface area contributed by atoms with Crippen LogP contribution in [0.1, 0.15) is 54.6 Å². The van der Waals surface area contributed by atoms with Crippen molar-refractivity contribution < 1.29 is 9.21 Å². The third-order valence-electron chi connectivity index (χ3n) is 5.38. The molecule has 1 fully saturated rings. The number of fused-ring (bicyclic) bond motifs is 1. The largest absolute Gasteiger partial charge is 0.455 e. The van der Waals surface area contributed by atoms with Gasteiger partial charge in [0.25, 0.3) is 5.91 Å². The van der Waals surface area contributed by atoms with Crippen LogP contribution in [-0.2, 0) is 6.42 Å². The summed E-state index contributed by atoms with van der Waals surface area (Å²) in [4.78, 5) is 17.3. The van der Waals surface area contributed by atoms with Crippen molar-refractivity contribution in [2.75, 3.05) is 32.7 Å². The number of guanidine groups is 1. The van der Waals surface area contributed by atoms with Crippen LogP contribution in [0.25, 0.3) is 0 Å². The molecule has 0 unspecified atom stereocenters. The minimum atomic E-state index is -0.0846. The zero-order chi connectivity index (χ0) is 19.8. The van der Waals surface area contributed by atoms with Crippen LogP contribution in [0.5, 0.6) is 0 Å². The summed E-state index contributed by atoms with van der Waals surface area (Å²) >= 11 is 0. The molecule has 0 atom stereocenters. The Bertz CT molecular complexity index is 780. The van der Waals surface area contributed by atoms with E-state index in [1.165, 1.54) is 0 Å². The van der Waals surface area contributed by atoms with Gasteiger partial charge in [-0.05, 0) is 25.3 Å². The number of furan rings is 1. The van der Waals surface area contributed by atoms with Crippen molar-refractivity contribution in [1.29, 1.82) is 0 Å². The highest BCUT2D eigenvalue weighted by atomic mass is 16.4. The summed E-state index contributed by atoms with van der Waals surface area (Å²) in [5, 5.41) is 8.08. The summed E-state index contributed by atoms with van der Waals surface area (Å²) in [5.41, 5.74) is 13.3. The van der Waals surface area contributed by atoms with Crippen molar-refractivity contribution in [3.63, 3.8) is 0 Å². The molecular formula is C19H30N6O2. The SMILES string of the molecule is CCN1CCN(C(=O)c2oc3c(c2C)/C(=N\N=C(N)N)CC(C)(C)C3)CC1. The van der Waals surface area contributed by atoms with Gasteiger partial charge in [-0.2, -0.15) is 5.10 Å². The molecule has 8 heteroatoms. The summed E-state index contributed by atoms with van der Waals surface area (Å²) in [6.45, 7) is 12.6. The number of hydrogen-bond acceptors (Lipinski definition) is 5. The lowest BCUT2D eigenvalue weighted by Gasteiger charge is -2.33. The van der Waals surface area contributed by atoms with E-state index in [4.69, 9.17) is 15.9 Å². The van der Waals surface area contributed by atoms with Gasteiger partial charge in [0.15, 0.2) is 5.76 Å². The van der Waals surface area contributed by atoms with Crippen LogP contribution in [0.15, 0.2) is 14.6 Å². The fourth-order valence-electron chi connectivity index (χ4n) is 3.93. The number of amides is 1. The summed E-state index contributed by atoms with van der Waals surface area (Å²) in [5.74, 6) is 1.08. The molecule has 8 nitrogen and oxygen atoms in total. The molecule has 0 saturated carbocycles. The molecule has 0 bridgehead atoms. The van der Waals surface area contributed by atoms with E-state index in [1.54, 1.807) is 0 Å². The second kappa shape index (κ2) is 7.34. The maximum absolute atomic E-state index is 13.1. The van der Waals surface area contributed by atoms with Crippen molar-refractivity contribution >= 4 is 17.6 Å². The molecule has 0 spiro atoms. The molecule has 27 heavy (non-hydrogen) atoms. The van der Waals surface area contributed by atoms with E-state index in [2.05, 4.69) is 35.9 Å². The van der Waals surface area contributed by atoms with Crippen LogP contribution in [0.2, 0.25) is 0 Å². The second-order valence-electron chi connectivity index (χ2n) is 8.17. The number of likely N-dealkylation sites (N-methyl/N-ethyl adjacent to an activating group) is 1. The number of piperazine rings is 1. The number of rotatable bonds is 3. The van der Waals surface area contributed by atoms with Gasteiger partial charge in [0, 0.05) is 43.7 Å². The van der Waals surface area contributed by atoms with Gasteiger partial charge in [0.05, 0.1) is 5.71 Å². The van der Waals surface area contributed by atoms with Gasteiger partial charge in [-0.3, -0.25) is 4.79 Å². The van der Waals surface area contributed by atoms with Crippen molar-refractivity contribution in [2.24, 2.45) is 27.1 Å². The topological polar surface area (TPSA) is 113 Å². The minimum Gasteiger partial charge on any atom is -0.455 e. The Morgan fingerprint density at radius 2 is 1.85 bits per heavy atom. The highest BCUT2D eigenvalue weighted by Gasteiger charge is 2.37. The minimum absolute atomic E-state index is 0.0396. The molecular weight excluding hydrogens is 344 g/mol. The standard InChI is InChI=1S/C19H30N6O2/c1-5-24-6-8-25(9-7-24)17(26)16-12(2)15-13(22-23-18(20)21)10-19(3,4)11-14(15)27-16/h5-11H2,1-4H3,(H4,20,21,23)/b22-13-. The quantitative estimate of drug-likeness (QED) is 0.470. The molecule has 3 rings (SSSR count). The number of nitrogens with zero attached hydrogens (tertiary/aromatic N) is 4. The van der Waals surface area contributed by atoms with Gasteiger partial charge in [-0.15, -0.1) is 5.10 Å². The first-order valence-electron chi connectivity index (χ1n) is 9.51. The van der Waals surface area contributed by atoms with Gasteiger partial charge < -0.3 is 25.7 Å². The van der Waals surface area contributed by atoms with Crippen molar-refractivity contribution in [3.8, 4) is 0 Å². The highest BCUT2D eigenvalue weighted by Crippen LogP contribution is 2.39. The summed E-state index contributed by atoms with van der Waals surface area (Å²) in [6, 6.07) is 0. The number of hydrogen-bond donors (Lipinski definition) is 2. The van der Waals surface area contributed by atoms with Crippen molar-refractivity contribution in [1.82, 2.24) is 9.80 Å². The van der Waals surface area contributed by atoms with Gasteiger partial charge in [0.1, 0.15) is 5.76 Å². The average Bonchev–Trinajstić information content (AvgIpc) is 2.94. The summed E-state index contributed by atoms with van der Waals surface area (Å²) in [6.07, 6.45) is 1.47. The summed E-state index contributed by atoms with van der Waals surface area (Å²) in [7, 11) is 0. The lowest BCUT2D eigenvalue weighted by molar-refractivity contribution is 0.0608. The summed E-state index contributed by atoms with van der Waals surface area (Å²) < 4.78 is 6.08. The van der Waals surface area contributed by atoms with E-state index in [0.29, 0.717) is 5.76 Å². The normalized spacial score (nSPS) is 21.2. The van der Waals surface area contributed by atoms with E-state index in [0.717, 1.165) is 68.2 Å². The molecule has 0 aromatic carbocycles. The molecule has 1 aromatic heterocycles. The van der Waals surface area contributed by atoms with Crippen LogP contribution in [0.3, 0.4) is 0 Å². The molecule has 148 valence electrons. The molecule has 1 aliphatic heterocycles. The van der Waals surface area contributed by atoms with E-state index < -0.39 is 0 Å². The Balaban J connectivity index is 1.93. The number of carbonyl (C=O) groups excluding carboxylic acids is 1. The highest BCUT2D eigenvalue weighted by molar-refractivity contribution is 6.07. The van der Waals surface area contributed by atoms with Gasteiger partial charge in [-0.1, -0.05) is 20.8 Å².